The number of aryl methyl sites for hydroxylation is 1. The van der Waals surface area contributed by atoms with Crippen molar-refractivity contribution >= 4 is 28.5 Å². The lowest BCUT2D eigenvalue weighted by Crippen LogP contribution is -2.50. The number of carbonyl (C=O) groups is 2. The van der Waals surface area contributed by atoms with Crippen LogP contribution in [0.4, 0.5) is 5.69 Å². The van der Waals surface area contributed by atoms with Crippen LogP contribution in [0.2, 0.25) is 0 Å². The number of nitrogens with zero attached hydrogens (tertiary/aromatic N) is 4. The van der Waals surface area contributed by atoms with Crippen LogP contribution in [0.5, 0.6) is 5.75 Å². The molecule has 1 aromatic heterocycles. The lowest BCUT2D eigenvalue weighted by Gasteiger charge is -2.34. The largest absolute Gasteiger partial charge is 0.494 e. The maximum atomic E-state index is 14.1. The van der Waals surface area contributed by atoms with Gasteiger partial charge in [-0.05, 0) is 76.1 Å². The number of ether oxygens (including phenoxy) is 1. The molecule has 37 heavy (non-hydrogen) atoms. The van der Waals surface area contributed by atoms with Crippen molar-refractivity contribution in [2.75, 3.05) is 11.5 Å². The summed E-state index contributed by atoms with van der Waals surface area (Å²) in [6.07, 6.45) is 0. The lowest BCUT2D eigenvalue weighted by atomic mass is 9.99. The summed E-state index contributed by atoms with van der Waals surface area (Å²) in [5.41, 5.74) is 3.15. The van der Waals surface area contributed by atoms with Crippen LogP contribution < -0.4 is 15.0 Å². The molecule has 2 amide bonds. The smallest absolute Gasteiger partial charge is 0.249 e. The lowest BCUT2D eigenvalue weighted by molar-refractivity contribution is -0.128. The Morgan fingerprint density at radius 1 is 1.00 bits per heavy atom. The average Bonchev–Trinajstić information content (AvgIpc) is 3.25. The number of hydrogen-bond acceptors (Lipinski definition) is 5. The summed E-state index contributed by atoms with van der Waals surface area (Å²) in [5, 5.41) is 11.5. The predicted molar refractivity (Wildman–Crippen MR) is 144 cm³/mol. The number of amides is 2. The van der Waals surface area contributed by atoms with Crippen LogP contribution in [0.1, 0.15) is 44.9 Å². The number of anilines is 1. The van der Waals surface area contributed by atoms with Crippen molar-refractivity contribution in [1.29, 1.82) is 0 Å². The molecule has 0 radical (unpaired) electrons. The molecular formula is C29H33N5O3. The molecule has 3 aromatic carbocycles. The van der Waals surface area contributed by atoms with Gasteiger partial charge in [0, 0.05) is 11.2 Å². The van der Waals surface area contributed by atoms with Gasteiger partial charge in [-0.2, -0.15) is 0 Å². The first-order valence-electron chi connectivity index (χ1n) is 12.4. The van der Waals surface area contributed by atoms with Crippen LogP contribution in [0.3, 0.4) is 0 Å². The molecule has 4 rings (SSSR count). The molecule has 0 saturated heterocycles. The molecule has 0 saturated carbocycles. The summed E-state index contributed by atoms with van der Waals surface area (Å²) >= 11 is 0. The number of rotatable bonds is 8. The Hall–Kier alpha value is -4.20. The highest BCUT2D eigenvalue weighted by Gasteiger charge is 2.35. The van der Waals surface area contributed by atoms with Crippen molar-refractivity contribution in [3.63, 3.8) is 0 Å². The molecule has 1 N–H and O–H groups in total. The van der Waals surface area contributed by atoms with Gasteiger partial charge in [0.15, 0.2) is 0 Å². The Morgan fingerprint density at radius 2 is 1.68 bits per heavy atom. The van der Waals surface area contributed by atoms with E-state index in [0.717, 1.165) is 11.1 Å². The Bertz CT molecular complexity index is 1390. The van der Waals surface area contributed by atoms with Crippen LogP contribution in [0.25, 0.3) is 11.0 Å². The number of fused-ring (bicyclic) bond motifs is 1. The van der Waals surface area contributed by atoms with Gasteiger partial charge in [-0.3, -0.25) is 14.5 Å². The molecule has 8 heteroatoms. The SMILES string of the molecule is CCOc1ccc([C@H](C(=O)NC(C)(C)C)N(C(=O)Cn2nnc3ccccc32)c2ccccc2C)cc1. The fourth-order valence-corrected chi connectivity index (χ4v) is 4.26. The van der Waals surface area contributed by atoms with E-state index in [1.165, 1.54) is 0 Å². The summed E-state index contributed by atoms with van der Waals surface area (Å²) in [7, 11) is 0. The highest BCUT2D eigenvalue weighted by Crippen LogP contribution is 2.32. The number of hydrogen-bond donors (Lipinski definition) is 1. The number of para-hydroxylation sites is 2. The number of benzene rings is 3. The first kappa shape index (κ1) is 25.9. The zero-order valence-electron chi connectivity index (χ0n) is 21.9. The van der Waals surface area contributed by atoms with E-state index in [4.69, 9.17) is 4.74 Å². The van der Waals surface area contributed by atoms with Gasteiger partial charge >= 0.3 is 0 Å². The summed E-state index contributed by atoms with van der Waals surface area (Å²) in [6.45, 7) is 10.1. The number of carbonyl (C=O) groups excluding carboxylic acids is 2. The topological polar surface area (TPSA) is 89.4 Å². The zero-order valence-corrected chi connectivity index (χ0v) is 21.9. The maximum absolute atomic E-state index is 14.1. The average molecular weight is 500 g/mol. The van der Waals surface area contributed by atoms with Crippen molar-refractivity contribution < 1.29 is 14.3 Å². The minimum absolute atomic E-state index is 0.0782. The van der Waals surface area contributed by atoms with Crippen molar-refractivity contribution in [1.82, 2.24) is 20.3 Å². The van der Waals surface area contributed by atoms with Gasteiger partial charge in [0.2, 0.25) is 11.8 Å². The first-order valence-corrected chi connectivity index (χ1v) is 12.4. The van der Waals surface area contributed by atoms with Crippen molar-refractivity contribution in [3.8, 4) is 5.75 Å². The van der Waals surface area contributed by atoms with E-state index in [-0.39, 0.29) is 18.4 Å². The number of nitrogens with one attached hydrogen (secondary N) is 1. The van der Waals surface area contributed by atoms with Gasteiger partial charge in [0.1, 0.15) is 23.9 Å². The summed E-state index contributed by atoms with van der Waals surface area (Å²) in [5.74, 6) is 0.133. The number of aromatic nitrogens is 3. The minimum Gasteiger partial charge on any atom is -0.494 e. The fraction of sp³-hybridized carbons (Fsp3) is 0.310. The maximum Gasteiger partial charge on any atom is 0.249 e. The molecular weight excluding hydrogens is 466 g/mol. The fourth-order valence-electron chi connectivity index (χ4n) is 4.26. The van der Waals surface area contributed by atoms with Gasteiger partial charge in [0.05, 0.1) is 12.1 Å². The Morgan fingerprint density at radius 3 is 2.35 bits per heavy atom. The second kappa shape index (κ2) is 10.8. The molecule has 1 atom stereocenters. The third-order valence-corrected chi connectivity index (χ3v) is 5.86. The second-order valence-corrected chi connectivity index (χ2v) is 9.93. The molecule has 0 aliphatic rings. The third-order valence-electron chi connectivity index (χ3n) is 5.86. The minimum atomic E-state index is -0.918. The highest BCUT2D eigenvalue weighted by molar-refractivity contribution is 6.02. The Balaban J connectivity index is 1.82. The van der Waals surface area contributed by atoms with Gasteiger partial charge < -0.3 is 10.1 Å². The van der Waals surface area contributed by atoms with E-state index < -0.39 is 11.6 Å². The second-order valence-electron chi connectivity index (χ2n) is 9.93. The molecule has 0 aliphatic carbocycles. The van der Waals surface area contributed by atoms with Gasteiger partial charge in [-0.15, -0.1) is 5.10 Å². The molecule has 0 spiro atoms. The zero-order chi connectivity index (χ0) is 26.6. The molecule has 0 fully saturated rings. The predicted octanol–water partition coefficient (Wildman–Crippen LogP) is 4.83. The first-order chi connectivity index (χ1) is 17.7. The molecule has 192 valence electrons. The van der Waals surface area contributed by atoms with Crippen molar-refractivity contribution in [3.05, 3.63) is 83.9 Å². The van der Waals surface area contributed by atoms with Crippen LogP contribution in [0, 0.1) is 6.92 Å². The van der Waals surface area contributed by atoms with Gasteiger partial charge in [-0.25, -0.2) is 4.68 Å². The van der Waals surface area contributed by atoms with Crippen LogP contribution in [-0.4, -0.2) is 39.0 Å². The van der Waals surface area contributed by atoms with E-state index in [9.17, 15) is 9.59 Å². The summed E-state index contributed by atoms with van der Waals surface area (Å²) < 4.78 is 7.17. The van der Waals surface area contributed by atoms with E-state index in [2.05, 4.69) is 15.6 Å². The van der Waals surface area contributed by atoms with Crippen LogP contribution in [-0.2, 0) is 16.1 Å². The Labute approximate surface area is 217 Å². The normalized spacial score (nSPS) is 12.2. The quantitative estimate of drug-likeness (QED) is 0.375. The van der Waals surface area contributed by atoms with E-state index in [0.29, 0.717) is 29.1 Å². The molecule has 1 heterocycles. The molecule has 0 unspecified atom stereocenters. The van der Waals surface area contributed by atoms with Crippen LogP contribution >= 0.6 is 0 Å². The Kier molecular flexibility index (Phi) is 7.57. The third kappa shape index (κ3) is 5.97. The standard InChI is InChI=1S/C29H33N5O3/c1-6-37-22-17-15-21(16-18-22)27(28(36)30-29(3,4)5)34(24-13-9-7-11-20(24)2)26(35)19-33-25-14-10-8-12-23(25)31-32-33/h7-18,27H,6,19H2,1-5H3,(H,30,36)/t27-/m1/s1. The van der Waals surface area contributed by atoms with Crippen molar-refractivity contribution in [2.24, 2.45) is 0 Å². The van der Waals surface area contributed by atoms with Crippen molar-refractivity contribution in [2.45, 2.75) is 52.7 Å². The van der Waals surface area contributed by atoms with Crippen LogP contribution in [0.15, 0.2) is 72.8 Å². The summed E-state index contributed by atoms with van der Waals surface area (Å²) in [4.78, 5) is 29.5. The van der Waals surface area contributed by atoms with E-state index in [1.807, 2.05) is 107 Å². The van der Waals surface area contributed by atoms with Gasteiger partial charge in [-0.1, -0.05) is 47.7 Å². The molecule has 4 aromatic rings. The molecule has 8 nitrogen and oxygen atoms in total. The highest BCUT2D eigenvalue weighted by atomic mass is 16.5. The van der Waals surface area contributed by atoms with E-state index in [1.54, 1.807) is 9.58 Å². The van der Waals surface area contributed by atoms with E-state index >= 15 is 0 Å². The molecule has 0 bridgehead atoms. The van der Waals surface area contributed by atoms with Gasteiger partial charge in [0.25, 0.3) is 0 Å². The monoisotopic (exact) mass is 499 g/mol. The summed E-state index contributed by atoms with van der Waals surface area (Å²) in [6, 6.07) is 21.4. The molecule has 0 aliphatic heterocycles.